The third-order valence-corrected chi connectivity index (χ3v) is 3.11. The molecular formula is C10H13N5O2S. The Bertz CT molecular complexity index is 510. The number of nitrogens with one attached hydrogen (secondary N) is 2. The van der Waals surface area contributed by atoms with Gasteiger partial charge in [-0.25, -0.2) is 5.10 Å². The van der Waals surface area contributed by atoms with Gasteiger partial charge in [-0.1, -0.05) is 11.8 Å². The Morgan fingerprint density at radius 1 is 1.72 bits per heavy atom. The van der Waals surface area contributed by atoms with E-state index in [9.17, 15) is 4.79 Å². The van der Waals surface area contributed by atoms with Gasteiger partial charge < -0.3 is 15.5 Å². The Labute approximate surface area is 108 Å². The second-order valence-corrected chi connectivity index (χ2v) is 4.87. The summed E-state index contributed by atoms with van der Waals surface area (Å²) in [7, 11) is 0. The van der Waals surface area contributed by atoms with E-state index in [4.69, 9.17) is 10.2 Å². The minimum atomic E-state index is -0.310. The number of carbonyl (C=O) groups is 1. The molecule has 96 valence electrons. The van der Waals surface area contributed by atoms with Crippen molar-refractivity contribution in [2.75, 3.05) is 5.73 Å². The molecule has 0 aliphatic rings. The van der Waals surface area contributed by atoms with Crippen molar-refractivity contribution in [2.45, 2.75) is 23.9 Å². The molecule has 2 aromatic rings. The molecule has 2 aromatic heterocycles. The molecule has 0 saturated carbocycles. The number of nitrogens with two attached hydrogens (primary N) is 1. The van der Waals surface area contributed by atoms with E-state index in [2.05, 4.69) is 20.5 Å². The summed E-state index contributed by atoms with van der Waals surface area (Å²) in [5.41, 5.74) is 5.40. The normalized spacial score (nSPS) is 12.3. The fourth-order valence-electron chi connectivity index (χ4n) is 1.25. The van der Waals surface area contributed by atoms with Crippen LogP contribution in [0, 0.1) is 0 Å². The zero-order valence-corrected chi connectivity index (χ0v) is 10.5. The Balaban J connectivity index is 1.81. The highest BCUT2D eigenvalue weighted by Crippen LogP contribution is 2.19. The summed E-state index contributed by atoms with van der Waals surface area (Å²) < 4.78 is 5.12. The topological polar surface area (TPSA) is 110 Å². The minimum Gasteiger partial charge on any atom is -0.467 e. The summed E-state index contributed by atoms with van der Waals surface area (Å²) in [4.78, 5) is 15.7. The van der Waals surface area contributed by atoms with Crippen molar-refractivity contribution in [2.24, 2.45) is 0 Å². The molecule has 0 aliphatic heterocycles. The van der Waals surface area contributed by atoms with E-state index >= 15 is 0 Å². The highest BCUT2D eigenvalue weighted by Gasteiger charge is 2.16. The quantitative estimate of drug-likeness (QED) is 0.690. The van der Waals surface area contributed by atoms with Crippen molar-refractivity contribution in [3.05, 3.63) is 24.2 Å². The third kappa shape index (κ3) is 3.27. The van der Waals surface area contributed by atoms with Crippen LogP contribution in [0.15, 0.2) is 28.0 Å². The first-order chi connectivity index (χ1) is 8.65. The Kier molecular flexibility index (Phi) is 3.88. The van der Waals surface area contributed by atoms with E-state index in [1.807, 2.05) is 0 Å². The van der Waals surface area contributed by atoms with Crippen LogP contribution in [0.25, 0.3) is 0 Å². The molecule has 0 spiro atoms. The summed E-state index contributed by atoms with van der Waals surface area (Å²) in [5.74, 6) is 0.836. The van der Waals surface area contributed by atoms with E-state index in [1.54, 1.807) is 25.3 Å². The van der Waals surface area contributed by atoms with Crippen LogP contribution in [0.2, 0.25) is 0 Å². The molecule has 2 rings (SSSR count). The number of furan rings is 1. The molecule has 0 radical (unpaired) electrons. The van der Waals surface area contributed by atoms with E-state index < -0.39 is 0 Å². The Hall–Kier alpha value is -1.96. The number of thioether (sulfide) groups is 1. The Morgan fingerprint density at radius 2 is 2.56 bits per heavy atom. The number of amides is 1. The van der Waals surface area contributed by atoms with Crippen LogP contribution in [0.3, 0.4) is 0 Å². The van der Waals surface area contributed by atoms with Crippen LogP contribution < -0.4 is 11.1 Å². The highest BCUT2D eigenvalue weighted by molar-refractivity contribution is 8.00. The molecule has 18 heavy (non-hydrogen) atoms. The van der Waals surface area contributed by atoms with Crippen molar-refractivity contribution in [1.29, 1.82) is 0 Å². The zero-order valence-electron chi connectivity index (χ0n) is 9.71. The van der Waals surface area contributed by atoms with Crippen LogP contribution in [-0.4, -0.2) is 26.3 Å². The zero-order chi connectivity index (χ0) is 13.0. The fourth-order valence-corrected chi connectivity index (χ4v) is 2.01. The maximum atomic E-state index is 11.8. The predicted octanol–water partition coefficient (Wildman–Crippen LogP) is 0.777. The van der Waals surface area contributed by atoms with Crippen LogP contribution in [0.4, 0.5) is 5.95 Å². The first-order valence-corrected chi connectivity index (χ1v) is 6.18. The minimum absolute atomic E-state index is 0.111. The van der Waals surface area contributed by atoms with Gasteiger partial charge in [-0.2, -0.15) is 4.98 Å². The monoisotopic (exact) mass is 267 g/mol. The van der Waals surface area contributed by atoms with E-state index in [-0.39, 0.29) is 17.1 Å². The van der Waals surface area contributed by atoms with E-state index in [0.717, 1.165) is 0 Å². The van der Waals surface area contributed by atoms with Crippen molar-refractivity contribution in [3.63, 3.8) is 0 Å². The van der Waals surface area contributed by atoms with Gasteiger partial charge in [-0.15, -0.1) is 5.10 Å². The number of nitrogens with zero attached hydrogens (tertiary/aromatic N) is 2. The number of hydrogen-bond donors (Lipinski definition) is 3. The molecule has 1 amide bonds. The molecule has 0 saturated heterocycles. The predicted molar refractivity (Wildman–Crippen MR) is 66.7 cm³/mol. The van der Waals surface area contributed by atoms with E-state index in [0.29, 0.717) is 17.5 Å². The fraction of sp³-hybridized carbons (Fsp3) is 0.300. The smallest absolute Gasteiger partial charge is 0.233 e. The van der Waals surface area contributed by atoms with Crippen molar-refractivity contribution in [3.8, 4) is 0 Å². The summed E-state index contributed by atoms with van der Waals surface area (Å²) in [6.07, 6.45) is 1.57. The number of anilines is 1. The number of carbonyl (C=O) groups excluding carboxylic acids is 1. The van der Waals surface area contributed by atoms with Gasteiger partial charge in [-0.05, 0) is 19.1 Å². The van der Waals surface area contributed by atoms with Gasteiger partial charge in [0.25, 0.3) is 0 Å². The van der Waals surface area contributed by atoms with Gasteiger partial charge in [-0.3, -0.25) is 4.79 Å². The lowest BCUT2D eigenvalue weighted by molar-refractivity contribution is -0.120. The first-order valence-electron chi connectivity index (χ1n) is 5.30. The summed E-state index contributed by atoms with van der Waals surface area (Å²) in [5, 5.41) is 9.27. The van der Waals surface area contributed by atoms with Crippen LogP contribution in [0.1, 0.15) is 12.7 Å². The maximum absolute atomic E-state index is 11.8. The van der Waals surface area contributed by atoms with Crippen molar-refractivity contribution >= 4 is 23.6 Å². The highest BCUT2D eigenvalue weighted by atomic mass is 32.2. The van der Waals surface area contributed by atoms with Crippen LogP contribution in [0.5, 0.6) is 0 Å². The summed E-state index contributed by atoms with van der Waals surface area (Å²) >= 11 is 1.23. The van der Waals surface area contributed by atoms with Gasteiger partial charge in [0.15, 0.2) is 0 Å². The van der Waals surface area contributed by atoms with Crippen molar-refractivity contribution < 1.29 is 9.21 Å². The van der Waals surface area contributed by atoms with Gasteiger partial charge >= 0.3 is 0 Å². The molecule has 0 aliphatic carbocycles. The molecule has 0 fully saturated rings. The molecule has 4 N–H and O–H groups in total. The molecule has 0 unspecified atom stereocenters. The SMILES string of the molecule is C[C@@H](Sc1n[nH]c(N)n1)C(=O)NCc1ccco1. The first kappa shape index (κ1) is 12.5. The average molecular weight is 267 g/mol. The molecule has 0 bridgehead atoms. The second-order valence-electron chi connectivity index (χ2n) is 3.56. The van der Waals surface area contributed by atoms with Crippen LogP contribution in [-0.2, 0) is 11.3 Å². The number of nitrogen functional groups attached to an aromatic ring is 1. The maximum Gasteiger partial charge on any atom is 0.233 e. The average Bonchev–Trinajstić information content (AvgIpc) is 2.97. The van der Waals surface area contributed by atoms with Crippen LogP contribution >= 0.6 is 11.8 Å². The lowest BCUT2D eigenvalue weighted by Gasteiger charge is -2.08. The van der Waals surface area contributed by atoms with Gasteiger partial charge in [0.2, 0.25) is 17.0 Å². The number of aromatic nitrogens is 3. The third-order valence-electron chi connectivity index (χ3n) is 2.15. The molecule has 7 nitrogen and oxygen atoms in total. The number of H-pyrrole nitrogens is 1. The molecule has 2 heterocycles. The lowest BCUT2D eigenvalue weighted by atomic mass is 10.4. The Morgan fingerprint density at radius 3 is 3.17 bits per heavy atom. The molecule has 1 atom stereocenters. The summed E-state index contributed by atoms with van der Waals surface area (Å²) in [6, 6.07) is 3.57. The van der Waals surface area contributed by atoms with E-state index in [1.165, 1.54) is 11.8 Å². The molecule has 8 heteroatoms. The number of hydrogen-bond acceptors (Lipinski definition) is 6. The summed E-state index contributed by atoms with van der Waals surface area (Å²) in [6.45, 7) is 2.14. The van der Waals surface area contributed by atoms with Gasteiger partial charge in [0.1, 0.15) is 5.76 Å². The standard InChI is InChI=1S/C10H13N5O2S/c1-6(18-10-13-9(11)14-15-10)8(16)12-5-7-3-2-4-17-7/h2-4,6H,5H2,1H3,(H,12,16)(H3,11,13,14,15)/t6-/m1/s1. The number of aromatic amines is 1. The second kappa shape index (κ2) is 5.58. The van der Waals surface area contributed by atoms with Gasteiger partial charge in [0, 0.05) is 0 Å². The molecule has 0 aromatic carbocycles. The number of rotatable bonds is 5. The van der Waals surface area contributed by atoms with Gasteiger partial charge in [0.05, 0.1) is 18.1 Å². The van der Waals surface area contributed by atoms with Crippen molar-refractivity contribution in [1.82, 2.24) is 20.5 Å². The largest absolute Gasteiger partial charge is 0.467 e. The lowest BCUT2D eigenvalue weighted by Crippen LogP contribution is -2.30. The molecular weight excluding hydrogens is 254 g/mol.